The first kappa shape index (κ1) is 29.7. The van der Waals surface area contributed by atoms with Gasteiger partial charge in [-0.2, -0.15) is 0 Å². The summed E-state index contributed by atoms with van der Waals surface area (Å²) < 4.78 is 0. The molecule has 3 aromatic carbocycles. The summed E-state index contributed by atoms with van der Waals surface area (Å²) in [4.78, 5) is 21.3. The molecule has 0 atom stereocenters. The van der Waals surface area contributed by atoms with E-state index in [1.54, 1.807) is 42.5 Å². The molecule has 0 bridgehead atoms. The van der Waals surface area contributed by atoms with E-state index in [1.807, 2.05) is 18.2 Å². The SMILES string of the molecule is C(=NC1CCCCC1)=NC1CCCCC1.O=C(Nc1ccccc1)c1ccc(O)c(Nc2cc(Cl)cc(Cl)c2)c1. The highest BCUT2D eigenvalue weighted by Gasteiger charge is 2.13. The van der Waals surface area contributed by atoms with Gasteiger partial charge in [-0.05, 0) is 74.2 Å². The molecule has 0 aliphatic heterocycles. The van der Waals surface area contributed by atoms with Gasteiger partial charge in [0, 0.05) is 27.0 Å². The zero-order chi connectivity index (χ0) is 28.2. The minimum absolute atomic E-state index is 0.00681. The molecule has 2 fully saturated rings. The van der Waals surface area contributed by atoms with Crippen molar-refractivity contribution in [3.05, 3.63) is 82.3 Å². The molecule has 0 aromatic heterocycles. The van der Waals surface area contributed by atoms with Crippen molar-refractivity contribution in [2.24, 2.45) is 9.98 Å². The van der Waals surface area contributed by atoms with Crippen molar-refractivity contribution in [2.45, 2.75) is 76.3 Å². The molecular formula is C32H36Cl2N4O2. The molecule has 210 valence electrons. The molecule has 2 aliphatic rings. The average Bonchev–Trinajstić information content (AvgIpc) is 2.96. The van der Waals surface area contributed by atoms with E-state index in [2.05, 4.69) is 26.6 Å². The van der Waals surface area contributed by atoms with Gasteiger partial charge >= 0.3 is 0 Å². The molecule has 40 heavy (non-hydrogen) atoms. The highest BCUT2D eigenvalue weighted by molar-refractivity contribution is 6.35. The van der Waals surface area contributed by atoms with Crippen molar-refractivity contribution in [2.75, 3.05) is 10.6 Å². The minimum atomic E-state index is -0.279. The van der Waals surface area contributed by atoms with E-state index in [9.17, 15) is 9.90 Å². The van der Waals surface area contributed by atoms with Crippen molar-refractivity contribution in [1.82, 2.24) is 0 Å². The van der Waals surface area contributed by atoms with E-state index in [-0.39, 0.29) is 11.7 Å². The van der Waals surface area contributed by atoms with Crippen LogP contribution in [0.15, 0.2) is 76.7 Å². The Morgan fingerprint density at radius 2 is 1.32 bits per heavy atom. The Kier molecular flexibility index (Phi) is 11.5. The number of nitrogens with one attached hydrogen (secondary N) is 2. The standard InChI is InChI=1S/C19H14Cl2N2O2.C13H22N2/c20-13-9-14(21)11-16(10-13)22-17-8-12(6-7-18(17)24)19(25)23-15-4-2-1-3-5-15;1-3-7-12(8-4-1)14-11-15-13-9-5-2-6-10-13/h1-11,22,24H,(H,23,25);12-13H,1-10H2. The number of halogens is 2. The van der Waals surface area contributed by atoms with Gasteiger partial charge in [-0.25, -0.2) is 9.98 Å². The lowest BCUT2D eigenvalue weighted by atomic mass is 9.96. The van der Waals surface area contributed by atoms with Crippen LogP contribution in [0.3, 0.4) is 0 Å². The highest BCUT2D eigenvalue weighted by atomic mass is 35.5. The second-order valence-electron chi connectivity index (χ2n) is 10.3. The van der Waals surface area contributed by atoms with E-state index in [4.69, 9.17) is 23.2 Å². The number of amides is 1. The summed E-state index contributed by atoms with van der Waals surface area (Å²) in [5, 5.41) is 16.8. The van der Waals surface area contributed by atoms with Gasteiger partial charge in [0.05, 0.1) is 23.8 Å². The topological polar surface area (TPSA) is 86.1 Å². The maximum Gasteiger partial charge on any atom is 0.255 e. The fourth-order valence-corrected chi connectivity index (χ4v) is 5.43. The fraction of sp³-hybridized carbons (Fsp3) is 0.375. The Labute approximate surface area is 246 Å². The largest absolute Gasteiger partial charge is 0.506 e. The van der Waals surface area contributed by atoms with Crippen LogP contribution >= 0.6 is 23.2 Å². The average molecular weight is 580 g/mol. The normalized spacial score (nSPS) is 15.7. The molecule has 3 aromatic rings. The summed E-state index contributed by atoms with van der Waals surface area (Å²) in [5.74, 6) is -0.272. The molecule has 5 rings (SSSR count). The van der Waals surface area contributed by atoms with Gasteiger partial charge in [0.1, 0.15) is 5.75 Å². The van der Waals surface area contributed by atoms with Crippen molar-refractivity contribution in [3.8, 4) is 5.75 Å². The smallest absolute Gasteiger partial charge is 0.255 e. The Morgan fingerprint density at radius 3 is 1.90 bits per heavy atom. The first-order chi connectivity index (χ1) is 19.5. The lowest BCUT2D eigenvalue weighted by Crippen LogP contribution is -2.12. The lowest BCUT2D eigenvalue weighted by Gasteiger charge is -2.17. The van der Waals surface area contributed by atoms with Crippen LogP contribution in [0, 0.1) is 0 Å². The summed E-state index contributed by atoms with van der Waals surface area (Å²) in [7, 11) is 0. The van der Waals surface area contributed by atoms with Gasteiger partial charge in [-0.1, -0.05) is 79.9 Å². The molecule has 1 amide bonds. The van der Waals surface area contributed by atoms with Crippen molar-refractivity contribution < 1.29 is 9.90 Å². The second-order valence-corrected chi connectivity index (χ2v) is 11.1. The Hall–Kier alpha value is -3.31. The van der Waals surface area contributed by atoms with E-state index in [1.165, 1.54) is 70.3 Å². The van der Waals surface area contributed by atoms with Crippen LogP contribution in [-0.4, -0.2) is 29.1 Å². The number of phenolic OH excluding ortho intramolecular Hbond substituents is 1. The van der Waals surface area contributed by atoms with Crippen LogP contribution in [0.25, 0.3) is 0 Å². The summed E-state index contributed by atoms with van der Waals surface area (Å²) in [6, 6.07) is 22.7. The number of aromatic hydroxyl groups is 1. The molecule has 0 saturated heterocycles. The molecule has 2 aliphatic carbocycles. The quantitative estimate of drug-likeness (QED) is 0.201. The number of para-hydroxylation sites is 1. The van der Waals surface area contributed by atoms with Gasteiger partial charge in [0.15, 0.2) is 0 Å². The number of aliphatic imine (C=N–C) groups is 2. The van der Waals surface area contributed by atoms with E-state index < -0.39 is 0 Å². The number of anilines is 3. The van der Waals surface area contributed by atoms with Crippen molar-refractivity contribution in [1.29, 1.82) is 0 Å². The predicted molar refractivity (Wildman–Crippen MR) is 166 cm³/mol. The Bertz CT molecular complexity index is 1270. The number of carbonyl (C=O) groups excluding carboxylic acids is 1. The number of phenols is 1. The molecule has 0 radical (unpaired) electrons. The first-order valence-electron chi connectivity index (χ1n) is 14.0. The molecule has 6 nitrogen and oxygen atoms in total. The monoisotopic (exact) mass is 578 g/mol. The van der Waals surface area contributed by atoms with Crippen LogP contribution < -0.4 is 10.6 Å². The number of carbonyl (C=O) groups is 1. The predicted octanol–water partition coefficient (Wildman–Crippen LogP) is 9.52. The fourth-order valence-electron chi connectivity index (χ4n) is 4.90. The van der Waals surface area contributed by atoms with Crippen LogP contribution in [0.1, 0.15) is 74.6 Å². The summed E-state index contributed by atoms with van der Waals surface area (Å²) in [6.07, 6.45) is 13.2. The van der Waals surface area contributed by atoms with Gasteiger partial charge < -0.3 is 15.7 Å². The molecule has 8 heteroatoms. The van der Waals surface area contributed by atoms with Gasteiger partial charge in [0.2, 0.25) is 0 Å². The zero-order valence-electron chi connectivity index (χ0n) is 22.6. The van der Waals surface area contributed by atoms with Gasteiger partial charge in [0.25, 0.3) is 5.91 Å². The third-order valence-electron chi connectivity index (χ3n) is 7.06. The Morgan fingerprint density at radius 1 is 0.750 bits per heavy atom. The number of hydrogen-bond donors (Lipinski definition) is 3. The van der Waals surface area contributed by atoms with Crippen LogP contribution in [0.5, 0.6) is 5.75 Å². The molecule has 0 spiro atoms. The summed E-state index contributed by atoms with van der Waals surface area (Å²) in [6.45, 7) is 0. The second kappa shape index (κ2) is 15.5. The number of hydrogen-bond acceptors (Lipinski definition) is 5. The molecule has 0 unspecified atom stereocenters. The third kappa shape index (κ3) is 9.71. The summed E-state index contributed by atoms with van der Waals surface area (Å²) >= 11 is 12.0. The highest BCUT2D eigenvalue weighted by Crippen LogP contribution is 2.31. The maximum absolute atomic E-state index is 12.4. The van der Waals surface area contributed by atoms with Crippen molar-refractivity contribution in [3.63, 3.8) is 0 Å². The van der Waals surface area contributed by atoms with E-state index >= 15 is 0 Å². The molecule has 3 N–H and O–H groups in total. The van der Waals surface area contributed by atoms with Crippen LogP contribution in [-0.2, 0) is 0 Å². The van der Waals surface area contributed by atoms with E-state index in [0.29, 0.717) is 44.8 Å². The van der Waals surface area contributed by atoms with Crippen LogP contribution in [0.4, 0.5) is 17.1 Å². The lowest BCUT2D eigenvalue weighted by molar-refractivity contribution is 0.102. The molecular weight excluding hydrogens is 543 g/mol. The molecule has 0 heterocycles. The molecule has 2 saturated carbocycles. The zero-order valence-corrected chi connectivity index (χ0v) is 24.1. The minimum Gasteiger partial charge on any atom is -0.506 e. The Balaban J connectivity index is 0.000000210. The van der Waals surface area contributed by atoms with Crippen LogP contribution in [0.2, 0.25) is 10.0 Å². The third-order valence-corrected chi connectivity index (χ3v) is 7.50. The number of nitrogens with zero attached hydrogens (tertiary/aromatic N) is 2. The maximum atomic E-state index is 12.4. The van der Waals surface area contributed by atoms with Gasteiger partial charge in [-0.15, -0.1) is 0 Å². The van der Waals surface area contributed by atoms with Gasteiger partial charge in [-0.3, -0.25) is 4.79 Å². The number of benzene rings is 3. The van der Waals surface area contributed by atoms with E-state index in [0.717, 1.165) is 0 Å². The summed E-state index contributed by atoms with van der Waals surface area (Å²) in [5.41, 5.74) is 2.07. The van der Waals surface area contributed by atoms with Crippen molar-refractivity contribution >= 4 is 52.2 Å². The number of rotatable bonds is 6. The first-order valence-corrected chi connectivity index (χ1v) is 14.8.